The molecule has 1 aliphatic heterocycles. The van der Waals surface area contributed by atoms with Crippen LogP contribution in [0.3, 0.4) is 0 Å². The predicted octanol–water partition coefficient (Wildman–Crippen LogP) is 3.15. The van der Waals surface area contributed by atoms with Gasteiger partial charge >= 0.3 is 0 Å². The Morgan fingerprint density at radius 1 is 0.967 bits per heavy atom. The summed E-state index contributed by atoms with van der Waals surface area (Å²) < 4.78 is 31.8. The first-order valence-electron chi connectivity index (χ1n) is 9.58. The number of ether oxygens (including phenoxy) is 1. The number of amides is 1. The summed E-state index contributed by atoms with van der Waals surface area (Å²) >= 11 is 0. The Morgan fingerprint density at radius 3 is 2.47 bits per heavy atom. The highest BCUT2D eigenvalue weighted by Crippen LogP contribution is 2.22. The van der Waals surface area contributed by atoms with Crippen molar-refractivity contribution >= 4 is 11.7 Å². The molecule has 1 amide bonds. The molecule has 0 bridgehead atoms. The Hall–Kier alpha value is -3.55. The maximum absolute atomic E-state index is 13.6. The lowest BCUT2D eigenvalue weighted by molar-refractivity contribution is -0.133. The van der Waals surface area contributed by atoms with Gasteiger partial charge in [-0.1, -0.05) is 30.3 Å². The summed E-state index contributed by atoms with van der Waals surface area (Å²) in [6.07, 6.45) is 1.54. The number of halogens is 2. The Balaban J connectivity index is 1.33. The summed E-state index contributed by atoms with van der Waals surface area (Å²) in [6, 6.07) is 14.8. The third-order valence-corrected chi connectivity index (χ3v) is 4.92. The Morgan fingerprint density at radius 2 is 1.73 bits per heavy atom. The largest absolute Gasteiger partial charge is 0.481 e. The fourth-order valence-corrected chi connectivity index (χ4v) is 3.29. The van der Waals surface area contributed by atoms with Crippen molar-refractivity contribution < 1.29 is 18.3 Å². The third kappa shape index (κ3) is 4.53. The molecule has 0 radical (unpaired) electrons. The molecule has 0 aliphatic carbocycles. The van der Waals surface area contributed by atoms with Crippen LogP contribution >= 0.6 is 0 Å². The van der Waals surface area contributed by atoms with E-state index in [1.54, 1.807) is 11.2 Å². The fraction of sp³-hybridized carbons (Fsp3) is 0.227. The zero-order valence-electron chi connectivity index (χ0n) is 16.2. The van der Waals surface area contributed by atoms with E-state index in [0.29, 0.717) is 26.2 Å². The average Bonchev–Trinajstić information content (AvgIpc) is 2.79. The van der Waals surface area contributed by atoms with E-state index in [4.69, 9.17) is 4.74 Å². The molecule has 2 aromatic carbocycles. The minimum Gasteiger partial charge on any atom is -0.481 e. The number of hydrogen-bond acceptors (Lipinski definition) is 5. The van der Waals surface area contributed by atoms with Crippen molar-refractivity contribution in [3.8, 4) is 17.0 Å². The van der Waals surface area contributed by atoms with Crippen LogP contribution in [0, 0.1) is 11.6 Å². The molecule has 1 fully saturated rings. The van der Waals surface area contributed by atoms with Gasteiger partial charge in [0.2, 0.25) is 0 Å². The number of hydrogen-bond donors (Lipinski definition) is 0. The van der Waals surface area contributed by atoms with Gasteiger partial charge in [0.25, 0.3) is 5.91 Å². The van der Waals surface area contributed by atoms with Gasteiger partial charge in [0.05, 0.1) is 5.69 Å². The highest BCUT2D eigenvalue weighted by molar-refractivity contribution is 5.78. The summed E-state index contributed by atoms with van der Waals surface area (Å²) in [5, 5.41) is 0. The van der Waals surface area contributed by atoms with Crippen molar-refractivity contribution in [3.05, 3.63) is 72.6 Å². The summed E-state index contributed by atoms with van der Waals surface area (Å²) in [5.41, 5.74) is 1.86. The van der Waals surface area contributed by atoms with E-state index >= 15 is 0 Å². The Kier molecular flexibility index (Phi) is 5.83. The van der Waals surface area contributed by atoms with Crippen molar-refractivity contribution in [2.24, 2.45) is 0 Å². The lowest BCUT2D eigenvalue weighted by atomic mass is 10.1. The maximum atomic E-state index is 13.6. The lowest BCUT2D eigenvalue weighted by Gasteiger charge is -2.35. The van der Waals surface area contributed by atoms with Gasteiger partial charge in [-0.25, -0.2) is 18.7 Å². The van der Waals surface area contributed by atoms with Gasteiger partial charge in [0, 0.05) is 43.9 Å². The van der Waals surface area contributed by atoms with Gasteiger partial charge < -0.3 is 14.5 Å². The molecule has 1 saturated heterocycles. The molecule has 0 unspecified atom stereocenters. The first kappa shape index (κ1) is 19.8. The first-order valence-corrected chi connectivity index (χ1v) is 9.58. The number of aromatic nitrogens is 2. The summed E-state index contributed by atoms with van der Waals surface area (Å²) in [5.74, 6) is -1.10. The van der Waals surface area contributed by atoms with Crippen LogP contribution in [0.5, 0.6) is 5.75 Å². The normalized spacial score (nSPS) is 13.9. The van der Waals surface area contributed by atoms with Crippen LogP contribution in [0.2, 0.25) is 0 Å². The van der Waals surface area contributed by atoms with Crippen LogP contribution in [0.1, 0.15) is 0 Å². The molecule has 4 rings (SSSR count). The minimum atomic E-state index is -0.828. The van der Waals surface area contributed by atoms with Crippen molar-refractivity contribution in [3.63, 3.8) is 0 Å². The molecule has 0 spiro atoms. The molecule has 0 atom stereocenters. The second kappa shape index (κ2) is 8.86. The molecule has 6 nitrogen and oxygen atoms in total. The number of rotatable bonds is 5. The second-order valence-electron chi connectivity index (χ2n) is 6.86. The number of carbonyl (C=O) groups is 1. The van der Waals surface area contributed by atoms with Crippen LogP contribution in [-0.2, 0) is 4.79 Å². The van der Waals surface area contributed by atoms with Crippen molar-refractivity contribution in [2.45, 2.75) is 0 Å². The number of benzene rings is 2. The molecule has 3 aromatic rings. The molecular weight excluding hydrogens is 390 g/mol. The van der Waals surface area contributed by atoms with E-state index in [-0.39, 0.29) is 18.3 Å². The fourth-order valence-electron chi connectivity index (χ4n) is 3.29. The van der Waals surface area contributed by atoms with E-state index < -0.39 is 11.6 Å². The highest BCUT2D eigenvalue weighted by Gasteiger charge is 2.23. The summed E-state index contributed by atoms with van der Waals surface area (Å²) in [4.78, 5) is 24.9. The van der Waals surface area contributed by atoms with E-state index in [2.05, 4.69) is 14.9 Å². The van der Waals surface area contributed by atoms with Gasteiger partial charge in [-0.15, -0.1) is 0 Å². The van der Waals surface area contributed by atoms with Gasteiger partial charge in [0.1, 0.15) is 18.0 Å². The lowest BCUT2D eigenvalue weighted by Crippen LogP contribution is -2.50. The number of carbonyl (C=O) groups excluding carboxylic acids is 1. The van der Waals surface area contributed by atoms with Crippen LogP contribution in [0.4, 0.5) is 14.6 Å². The van der Waals surface area contributed by atoms with Crippen molar-refractivity contribution in [1.29, 1.82) is 0 Å². The third-order valence-electron chi connectivity index (χ3n) is 4.92. The smallest absolute Gasteiger partial charge is 0.260 e. The molecule has 8 heteroatoms. The number of nitrogens with zero attached hydrogens (tertiary/aromatic N) is 4. The molecule has 0 saturated carbocycles. The molecular formula is C22H20F2N4O2. The zero-order chi connectivity index (χ0) is 20.9. The van der Waals surface area contributed by atoms with Crippen LogP contribution in [0.25, 0.3) is 11.3 Å². The number of anilines is 1. The van der Waals surface area contributed by atoms with Crippen molar-refractivity contribution in [2.75, 3.05) is 37.7 Å². The molecule has 1 aromatic heterocycles. The topological polar surface area (TPSA) is 58.6 Å². The highest BCUT2D eigenvalue weighted by atomic mass is 19.1. The first-order chi connectivity index (χ1) is 14.6. The second-order valence-corrected chi connectivity index (χ2v) is 6.86. The minimum absolute atomic E-state index is 0.141. The average molecular weight is 410 g/mol. The van der Waals surface area contributed by atoms with E-state index in [1.165, 1.54) is 6.07 Å². The quantitative estimate of drug-likeness (QED) is 0.647. The summed E-state index contributed by atoms with van der Waals surface area (Å²) in [6.45, 7) is 1.93. The van der Waals surface area contributed by atoms with Crippen molar-refractivity contribution in [1.82, 2.24) is 14.9 Å². The van der Waals surface area contributed by atoms with Crippen LogP contribution in [-0.4, -0.2) is 53.6 Å². The van der Waals surface area contributed by atoms with E-state index in [9.17, 15) is 13.6 Å². The van der Waals surface area contributed by atoms with Gasteiger partial charge in [-0.05, 0) is 12.1 Å². The standard InChI is InChI=1S/C22H20F2N4O2/c23-17-6-7-20(18(24)12-17)30-14-22(29)28-10-8-27(9-11-28)21-13-19(25-15-26-21)16-4-2-1-3-5-16/h1-7,12-13,15H,8-11,14H2. The molecule has 1 aliphatic rings. The van der Waals surface area contributed by atoms with Crippen LogP contribution < -0.4 is 9.64 Å². The zero-order valence-corrected chi connectivity index (χ0v) is 16.2. The Labute approximate surface area is 172 Å². The molecule has 2 heterocycles. The van der Waals surface area contributed by atoms with Crippen LogP contribution in [0.15, 0.2) is 60.9 Å². The van der Waals surface area contributed by atoms with E-state index in [1.807, 2.05) is 36.4 Å². The predicted molar refractivity (Wildman–Crippen MR) is 108 cm³/mol. The van der Waals surface area contributed by atoms with Gasteiger partial charge in [-0.3, -0.25) is 4.79 Å². The SMILES string of the molecule is O=C(COc1ccc(F)cc1F)N1CCN(c2cc(-c3ccccc3)ncn2)CC1. The molecule has 154 valence electrons. The molecule has 0 N–H and O–H groups in total. The number of piperazine rings is 1. The van der Waals surface area contributed by atoms with Gasteiger partial charge in [0.15, 0.2) is 18.2 Å². The Bertz CT molecular complexity index is 1020. The van der Waals surface area contributed by atoms with E-state index in [0.717, 1.165) is 29.2 Å². The molecule has 30 heavy (non-hydrogen) atoms. The van der Waals surface area contributed by atoms with Gasteiger partial charge in [-0.2, -0.15) is 0 Å². The monoisotopic (exact) mass is 410 g/mol. The maximum Gasteiger partial charge on any atom is 0.260 e. The summed E-state index contributed by atoms with van der Waals surface area (Å²) in [7, 11) is 0.